The Bertz CT molecular complexity index is 172. The highest BCUT2D eigenvalue weighted by molar-refractivity contribution is 4.75. The molecule has 0 unspecified atom stereocenters. The zero-order chi connectivity index (χ0) is 12.3. The maximum Gasteiger partial charge on any atom is 0.0620 e. The van der Waals surface area contributed by atoms with Crippen molar-refractivity contribution in [1.29, 1.82) is 0 Å². The first kappa shape index (κ1) is 15.0. The first-order chi connectivity index (χ1) is 8.33. The zero-order valence-electron chi connectivity index (χ0n) is 11.8. The number of hydrogen-bond acceptors (Lipinski definition) is 2. The fraction of sp³-hybridized carbons (Fsp3) is 1.00. The van der Waals surface area contributed by atoms with Crippen molar-refractivity contribution < 1.29 is 4.74 Å². The van der Waals surface area contributed by atoms with Gasteiger partial charge in [-0.3, -0.25) is 0 Å². The first-order valence-corrected chi connectivity index (χ1v) is 7.66. The predicted molar refractivity (Wildman–Crippen MR) is 74.4 cm³/mol. The molecule has 0 bridgehead atoms. The van der Waals surface area contributed by atoms with E-state index in [4.69, 9.17) is 4.74 Å². The van der Waals surface area contributed by atoms with E-state index < -0.39 is 0 Å². The van der Waals surface area contributed by atoms with Crippen molar-refractivity contribution >= 4 is 0 Å². The fourth-order valence-electron chi connectivity index (χ4n) is 2.58. The molecule has 1 N–H and O–H groups in total. The van der Waals surface area contributed by atoms with Crippen LogP contribution in [0.3, 0.4) is 0 Å². The van der Waals surface area contributed by atoms with Crippen molar-refractivity contribution in [1.82, 2.24) is 5.32 Å². The lowest BCUT2D eigenvalue weighted by Gasteiger charge is -2.28. The average molecular weight is 241 g/mol. The van der Waals surface area contributed by atoms with Crippen molar-refractivity contribution in [2.75, 3.05) is 13.2 Å². The second-order valence-electron chi connectivity index (χ2n) is 5.57. The van der Waals surface area contributed by atoms with Gasteiger partial charge in [0.05, 0.1) is 13.2 Å². The van der Waals surface area contributed by atoms with Crippen LogP contribution in [-0.2, 0) is 4.74 Å². The second-order valence-corrected chi connectivity index (χ2v) is 5.57. The first-order valence-electron chi connectivity index (χ1n) is 7.66. The van der Waals surface area contributed by atoms with E-state index in [-0.39, 0.29) is 0 Å². The lowest BCUT2D eigenvalue weighted by atomic mass is 10.0. The van der Waals surface area contributed by atoms with Crippen molar-refractivity contribution in [2.24, 2.45) is 0 Å². The van der Waals surface area contributed by atoms with E-state index in [1.807, 2.05) is 0 Å². The van der Waals surface area contributed by atoms with Crippen molar-refractivity contribution in [3.63, 3.8) is 0 Å². The minimum absolute atomic E-state index is 0.544. The van der Waals surface area contributed by atoms with Gasteiger partial charge in [-0.25, -0.2) is 0 Å². The van der Waals surface area contributed by atoms with Gasteiger partial charge in [0.15, 0.2) is 0 Å². The Balaban J connectivity index is 1.83. The Morgan fingerprint density at radius 2 is 1.59 bits per heavy atom. The molecule has 0 aromatic rings. The largest absolute Gasteiger partial charge is 0.378 e. The van der Waals surface area contributed by atoms with E-state index in [0.29, 0.717) is 12.1 Å². The van der Waals surface area contributed by atoms with Gasteiger partial charge in [-0.15, -0.1) is 0 Å². The van der Waals surface area contributed by atoms with Gasteiger partial charge in [-0.1, -0.05) is 58.3 Å². The minimum Gasteiger partial charge on any atom is -0.378 e. The molecule has 2 nitrogen and oxygen atoms in total. The molecule has 1 rings (SSSR count). The summed E-state index contributed by atoms with van der Waals surface area (Å²) in [5.74, 6) is 0. The number of ether oxygens (including phenoxy) is 1. The molecule has 1 fully saturated rings. The maximum absolute atomic E-state index is 5.55. The highest BCUT2D eigenvalue weighted by Crippen LogP contribution is 2.12. The van der Waals surface area contributed by atoms with Crippen LogP contribution in [0.25, 0.3) is 0 Å². The predicted octanol–water partition coefficient (Wildman–Crippen LogP) is 3.89. The molecule has 2 atom stereocenters. The number of hydrogen-bond donors (Lipinski definition) is 1. The number of morpholine rings is 1. The lowest BCUT2D eigenvalue weighted by molar-refractivity contribution is 0.0474. The summed E-state index contributed by atoms with van der Waals surface area (Å²) < 4.78 is 5.55. The van der Waals surface area contributed by atoms with Crippen LogP contribution in [0, 0.1) is 0 Å². The molecule has 1 aliphatic heterocycles. The monoisotopic (exact) mass is 241 g/mol. The summed E-state index contributed by atoms with van der Waals surface area (Å²) in [4.78, 5) is 0. The van der Waals surface area contributed by atoms with Gasteiger partial charge >= 0.3 is 0 Å². The molecule has 1 heterocycles. The Morgan fingerprint density at radius 3 is 2.24 bits per heavy atom. The van der Waals surface area contributed by atoms with Gasteiger partial charge in [-0.2, -0.15) is 0 Å². The van der Waals surface area contributed by atoms with Crippen molar-refractivity contribution in [3.05, 3.63) is 0 Å². The van der Waals surface area contributed by atoms with Crippen LogP contribution in [0.4, 0.5) is 0 Å². The third-order valence-corrected chi connectivity index (χ3v) is 3.61. The highest BCUT2D eigenvalue weighted by atomic mass is 16.5. The molecular formula is C15H31NO. The summed E-state index contributed by atoms with van der Waals surface area (Å²) in [6.07, 6.45) is 12.6. The second kappa shape index (κ2) is 9.90. The molecule has 1 saturated heterocycles. The van der Waals surface area contributed by atoms with E-state index in [9.17, 15) is 0 Å². The van der Waals surface area contributed by atoms with Gasteiger partial charge in [0.1, 0.15) is 0 Å². The average Bonchev–Trinajstić information content (AvgIpc) is 2.33. The maximum atomic E-state index is 5.55. The number of nitrogens with one attached hydrogen (secondary N) is 1. The SMILES string of the molecule is CCCCCCCCCC[C@H]1COC[C@@H](C)N1. The van der Waals surface area contributed by atoms with Crippen molar-refractivity contribution in [2.45, 2.75) is 83.7 Å². The number of rotatable bonds is 9. The molecule has 0 aliphatic carbocycles. The molecule has 0 amide bonds. The van der Waals surface area contributed by atoms with Gasteiger partial charge in [0.2, 0.25) is 0 Å². The van der Waals surface area contributed by atoms with Crippen LogP contribution in [0.1, 0.15) is 71.6 Å². The summed E-state index contributed by atoms with van der Waals surface area (Å²) in [7, 11) is 0. The van der Waals surface area contributed by atoms with Crippen molar-refractivity contribution in [3.8, 4) is 0 Å². The molecule has 17 heavy (non-hydrogen) atoms. The standard InChI is InChI=1S/C15H31NO/c1-3-4-5-6-7-8-9-10-11-15-13-17-12-14(2)16-15/h14-16H,3-13H2,1-2H3/t14-,15+/m1/s1. The summed E-state index contributed by atoms with van der Waals surface area (Å²) >= 11 is 0. The minimum atomic E-state index is 0.544. The topological polar surface area (TPSA) is 21.3 Å². The molecule has 0 aromatic carbocycles. The molecule has 2 heteroatoms. The molecule has 0 saturated carbocycles. The smallest absolute Gasteiger partial charge is 0.0620 e. The van der Waals surface area contributed by atoms with Crippen LogP contribution < -0.4 is 5.32 Å². The highest BCUT2D eigenvalue weighted by Gasteiger charge is 2.17. The lowest BCUT2D eigenvalue weighted by Crippen LogP contribution is -2.47. The van der Waals surface area contributed by atoms with Crippen LogP contribution in [0.2, 0.25) is 0 Å². The van der Waals surface area contributed by atoms with E-state index in [0.717, 1.165) is 13.2 Å². The van der Waals surface area contributed by atoms with Crippen LogP contribution >= 0.6 is 0 Å². The summed E-state index contributed by atoms with van der Waals surface area (Å²) in [6.45, 7) is 6.29. The van der Waals surface area contributed by atoms with E-state index in [2.05, 4.69) is 19.2 Å². The fourth-order valence-corrected chi connectivity index (χ4v) is 2.58. The van der Waals surface area contributed by atoms with Crippen LogP contribution in [-0.4, -0.2) is 25.3 Å². The Morgan fingerprint density at radius 1 is 0.941 bits per heavy atom. The molecule has 0 aromatic heterocycles. The van der Waals surface area contributed by atoms with Gasteiger partial charge in [-0.05, 0) is 13.3 Å². The molecule has 0 spiro atoms. The van der Waals surface area contributed by atoms with Gasteiger partial charge < -0.3 is 10.1 Å². The van der Waals surface area contributed by atoms with E-state index >= 15 is 0 Å². The van der Waals surface area contributed by atoms with Crippen LogP contribution in [0.15, 0.2) is 0 Å². The Labute approximate surface area is 108 Å². The molecule has 102 valence electrons. The number of unbranched alkanes of at least 4 members (excludes halogenated alkanes) is 7. The Hall–Kier alpha value is -0.0800. The molecule has 1 aliphatic rings. The van der Waals surface area contributed by atoms with E-state index in [1.165, 1.54) is 57.8 Å². The Kier molecular flexibility index (Phi) is 8.72. The molecule has 0 radical (unpaired) electrons. The third kappa shape index (κ3) is 7.77. The van der Waals surface area contributed by atoms with Gasteiger partial charge in [0, 0.05) is 12.1 Å². The summed E-state index contributed by atoms with van der Waals surface area (Å²) in [5, 5.41) is 3.61. The third-order valence-electron chi connectivity index (χ3n) is 3.61. The van der Waals surface area contributed by atoms with Gasteiger partial charge in [0.25, 0.3) is 0 Å². The van der Waals surface area contributed by atoms with Crippen LogP contribution in [0.5, 0.6) is 0 Å². The summed E-state index contributed by atoms with van der Waals surface area (Å²) in [6, 6.07) is 1.15. The normalized spacial score (nSPS) is 25.1. The zero-order valence-corrected chi connectivity index (χ0v) is 11.8. The quantitative estimate of drug-likeness (QED) is 0.618. The summed E-state index contributed by atoms with van der Waals surface area (Å²) in [5.41, 5.74) is 0. The molecular weight excluding hydrogens is 210 g/mol. The van der Waals surface area contributed by atoms with E-state index in [1.54, 1.807) is 0 Å².